The standard InChI is InChI=1S/C27H29F2N3O2/c1-16-23(26(33)30-25(17-11-12-17)18-6-3-7-19(28)14-18)21-9-4-10-22(29)24(21)27(34)32(16)15-20-8-5-13-31(20)2/h3-4,6-7,9-10,14,17,20,25H,5,8,11-13,15H2,1-2H3,(H,30,33)/t20-,25-/m0/s1. The van der Waals surface area contributed by atoms with Crippen LogP contribution in [0.1, 0.15) is 53.3 Å². The van der Waals surface area contributed by atoms with Gasteiger partial charge in [-0.15, -0.1) is 0 Å². The summed E-state index contributed by atoms with van der Waals surface area (Å²) in [5, 5.41) is 3.33. The van der Waals surface area contributed by atoms with Crippen LogP contribution in [0, 0.1) is 24.5 Å². The molecule has 1 aliphatic carbocycles. The van der Waals surface area contributed by atoms with E-state index in [4.69, 9.17) is 0 Å². The van der Waals surface area contributed by atoms with E-state index in [-0.39, 0.29) is 35.1 Å². The van der Waals surface area contributed by atoms with Gasteiger partial charge >= 0.3 is 0 Å². The van der Waals surface area contributed by atoms with Crippen LogP contribution in [0.4, 0.5) is 8.78 Å². The van der Waals surface area contributed by atoms with Crippen LogP contribution in [0.25, 0.3) is 10.8 Å². The minimum atomic E-state index is -0.631. The van der Waals surface area contributed by atoms with Crippen LogP contribution >= 0.6 is 0 Å². The second kappa shape index (κ2) is 8.95. The van der Waals surface area contributed by atoms with Crippen molar-refractivity contribution in [1.29, 1.82) is 0 Å². The first-order chi connectivity index (χ1) is 16.3. The smallest absolute Gasteiger partial charge is 0.261 e. The molecule has 2 heterocycles. The molecule has 1 amide bonds. The number of pyridine rings is 1. The normalized spacial score (nSPS) is 19.5. The molecule has 1 aromatic heterocycles. The number of carbonyl (C=O) groups excluding carboxylic acids is 1. The number of nitrogens with one attached hydrogen (secondary N) is 1. The van der Waals surface area contributed by atoms with Crippen molar-refractivity contribution in [3.8, 4) is 0 Å². The molecule has 2 atom stereocenters. The summed E-state index contributed by atoms with van der Waals surface area (Å²) >= 11 is 0. The lowest BCUT2D eigenvalue weighted by Crippen LogP contribution is -2.37. The quantitative estimate of drug-likeness (QED) is 0.581. The summed E-state index contributed by atoms with van der Waals surface area (Å²) in [5.74, 6) is -1.13. The van der Waals surface area contributed by atoms with Crippen molar-refractivity contribution in [3.63, 3.8) is 0 Å². The van der Waals surface area contributed by atoms with E-state index in [1.165, 1.54) is 24.3 Å². The molecule has 2 aromatic carbocycles. The minimum absolute atomic E-state index is 0.0624. The summed E-state index contributed by atoms with van der Waals surface area (Å²) in [6.07, 6.45) is 3.89. The molecule has 3 aromatic rings. The lowest BCUT2D eigenvalue weighted by Gasteiger charge is -2.25. The van der Waals surface area contributed by atoms with Gasteiger partial charge in [0.2, 0.25) is 0 Å². The molecular weight excluding hydrogens is 436 g/mol. The highest BCUT2D eigenvalue weighted by molar-refractivity contribution is 6.08. The minimum Gasteiger partial charge on any atom is -0.345 e. The number of hydrogen-bond acceptors (Lipinski definition) is 3. The van der Waals surface area contributed by atoms with Crippen molar-refractivity contribution in [2.75, 3.05) is 13.6 Å². The van der Waals surface area contributed by atoms with Gasteiger partial charge in [0.25, 0.3) is 11.5 Å². The largest absolute Gasteiger partial charge is 0.345 e. The molecule has 0 bridgehead atoms. The van der Waals surface area contributed by atoms with Gasteiger partial charge in [-0.25, -0.2) is 8.78 Å². The number of amides is 1. The molecule has 5 nitrogen and oxygen atoms in total. The molecular formula is C27H29F2N3O2. The van der Waals surface area contributed by atoms with E-state index >= 15 is 0 Å². The Morgan fingerprint density at radius 3 is 2.59 bits per heavy atom. The average molecular weight is 466 g/mol. The average Bonchev–Trinajstić information content (AvgIpc) is 3.56. The third-order valence-corrected chi connectivity index (χ3v) is 7.39. The predicted octanol–water partition coefficient (Wildman–Crippen LogP) is 4.56. The van der Waals surface area contributed by atoms with Crippen molar-refractivity contribution in [2.24, 2.45) is 5.92 Å². The van der Waals surface area contributed by atoms with Gasteiger partial charge in [-0.2, -0.15) is 0 Å². The second-order valence-corrected chi connectivity index (χ2v) is 9.66. The molecule has 2 fully saturated rings. The number of nitrogens with zero attached hydrogens (tertiary/aromatic N) is 2. The first kappa shape index (κ1) is 22.7. The number of carbonyl (C=O) groups is 1. The van der Waals surface area contributed by atoms with Crippen LogP contribution in [-0.4, -0.2) is 35.0 Å². The van der Waals surface area contributed by atoms with E-state index in [0.29, 0.717) is 28.8 Å². The highest BCUT2D eigenvalue weighted by atomic mass is 19.1. The Morgan fingerprint density at radius 1 is 1.15 bits per heavy atom. The highest BCUT2D eigenvalue weighted by Crippen LogP contribution is 2.41. The Bertz CT molecular complexity index is 1320. The van der Waals surface area contributed by atoms with E-state index in [1.54, 1.807) is 23.6 Å². The summed E-state index contributed by atoms with van der Waals surface area (Å²) in [5.41, 5.74) is 1.13. The van der Waals surface area contributed by atoms with Crippen molar-refractivity contribution in [1.82, 2.24) is 14.8 Å². The molecule has 0 unspecified atom stereocenters. The van der Waals surface area contributed by atoms with Crippen LogP contribution in [0.2, 0.25) is 0 Å². The molecule has 34 heavy (non-hydrogen) atoms. The molecule has 1 aliphatic heterocycles. The highest BCUT2D eigenvalue weighted by Gasteiger charge is 2.35. The van der Waals surface area contributed by atoms with E-state index < -0.39 is 11.4 Å². The van der Waals surface area contributed by atoms with Gasteiger partial charge in [0.1, 0.15) is 11.6 Å². The lowest BCUT2D eigenvalue weighted by molar-refractivity contribution is 0.0931. The Kier molecular flexibility index (Phi) is 5.98. The third-order valence-electron chi connectivity index (χ3n) is 7.39. The number of fused-ring (bicyclic) bond motifs is 1. The topological polar surface area (TPSA) is 54.3 Å². The molecule has 1 N–H and O–H groups in total. The number of likely N-dealkylation sites (N-methyl/N-ethyl adjacent to an activating group) is 1. The first-order valence-corrected chi connectivity index (χ1v) is 11.9. The van der Waals surface area contributed by atoms with Gasteiger partial charge < -0.3 is 14.8 Å². The summed E-state index contributed by atoms with van der Waals surface area (Å²) < 4.78 is 30.4. The van der Waals surface area contributed by atoms with Crippen molar-refractivity contribution in [3.05, 3.63) is 81.3 Å². The molecule has 2 aliphatic rings. The molecule has 5 rings (SSSR count). The van der Waals surface area contributed by atoms with Crippen LogP contribution in [0.5, 0.6) is 0 Å². The van der Waals surface area contributed by atoms with Gasteiger partial charge in [-0.05, 0) is 75.9 Å². The fourth-order valence-corrected chi connectivity index (χ4v) is 5.31. The Labute approximate surface area is 197 Å². The fourth-order valence-electron chi connectivity index (χ4n) is 5.31. The van der Waals surface area contributed by atoms with Gasteiger partial charge in [-0.3, -0.25) is 9.59 Å². The zero-order chi connectivity index (χ0) is 24.0. The summed E-state index contributed by atoms with van der Waals surface area (Å²) in [6, 6.07) is 10.5. The van der Waals surface area contributed by atoms with E-state index in [9.17, 15) is 18.4 Å². The zero-order valence-corrected chi connectivity index (χ0v) is 19.5. The van der Waals surface area contributed by atoms with Crippen molar-refractivity contribution >= 4 is 16.7 Å². The van der Waals surface area contributed by atoms with Gasteiger partial charge in [0.15, 0.2) is 0 Å². The maximum absolute atomic E-state index is 14.9. The van der Waals surface area contributed by atoms with Crippen LogP contribution in [0.3, 0.4) is 0 Å². The van der Waals surface area contributed by atoms with Crippen LogP contribution < -0.4 is 10.9 Å². The maximum Gasteiger partial charge on any atom is 0.261 e. The molecule has 1 saturated carbocycles. The number of rotatable bonds is 6. The number of benzene rings is 2. The lowest BCUT2D eigenvalue weighted by atomic mass is 9.99. The van der Waals surface area contributed by atoms with Gasteiger partial charge in [-0.1, -0.05) is 24.3 Å². The number of aromatic nitrogens is 1. The number of halogens is 2. The molecule has 1 saturated heterocycles. The van der Waals surface area contributed by atoms with Crippen LogP contribution in [-0.2, 0) is 6.54 Å². The number of hydrogen-bond donors (Lipinski definition) is 1. The van der Waals surface area contributed by atoms with Crippen LogP contribution in [0.15, 0.2) is 47.3 Å². The van der Waals surface area contributed by atoms with Crippen molar-refractivity contribution < 1.29 is 13.6 Å². The van der Waals surface area contributed by atoms with E-state index in [0.717, 1.165) is 32.2 Å². The summed E-state index contributed by atoms with van der Waals surface area (Å²) in [6.45, 7) is 3.11. The summed E-state index contributed by atoms with van der Waals surface area (Å²) in [7, 11) is 2.02. The third kappa shape index (κ3) is 4.13. The fraction of sp³-hybridized carbons (Fsp3) is 0.407. The van der Waals surface area contributed by atoms with Gasteiger partial charge in [0, 0.05) is 23.7 Å². The molecule has 7 heteroatoms. The SMILES string of the molecule is Cc1c(C(=O)N[C@H](c2cccc(F)c2)C2CC2)c2cccc(F)c2c(=O)n1C[C@@H]1CCCN1C. The Morgan fingerprint density at radius 2 is 1.91 bits per heavy atom. The monoisotopic (exact) mass is 465 g/mol. The predicted molar refractivity (Wildman–Crippen MR) is 128 cm³/mol. The molecule has 178 valence electrons. The Balaban J connectivity index is 1.59. The Hall–Kier alpha value is -3.06. The first-order valence-electron chi connectivity index (χ1n) is 11.9. The van der Waals surface area contributed by atoms with Crippen molar-refractivity contribution in [2.45, 2.75) is 51.2 Å². The maximum atomic E-state index is 14.9. The molecule has 0 radical (unpaired) electrons. The summed E-state index contributed by atoms with van der Waals surface area (Å²) in [4.78, 5) is 29.3. The van der Waals surface area contributed by atoms with E-state index in [1.807, 2.05) is 13.1 Å². The number of likely N-dealkylation sites (tertiary alicyclic amines) is 1. The van der Waals surface area contributed by atoms with E-state index in [2.05, 4.69) is 10.2 Å². The molecule has 0 spiro atoms. The van der Waals surface area contributed by atoms with Gasteiger partial charge in [0.05, 0.1) is 17.0 Å². The zero-order valence-electron chi connectivity index (χ0n) is 19.5. The second-order valence-electron chi connectivity index (χ2n) is 9.66.